The molecule has 0 radical (unpaired) electrons. The molecule has 1 heterocycles. The van der Waals surface area contributed by atoms with Gasteiger partial charge in [-0.3, -0.25) is 4.84 Å². The Labute approximate surface area is 115 Å². The van der Waals surface area contributed by atoms with Gasteiger partial charge in [0.05, 0.1) is 13.7 Å². The van der Waals surface area contributed by atoms with Gasteiger partial charge >= 0.3 is 5.97 Å². The van der Waals surface area contributed by atoms with Crippen molar-refractivity contribution in [2.24, 2.45) is 0 Å². The molecule has 0 unspecified atom stereocenters. The molecule has 6 heteroatoms. The number of methoxy groups -OCH3 is 1. The highest BCUT2D eigenvalue weighted by Gasteiger charge is 2.10. The van der Waals surface area contributed by atoms with Gasteiger partial charge in [0.15, 0.2) is 5.82 Å². The van der Waals surface area contributed by atoms with E-state index in [1.807, 2.05) is 24.3 Å². The Morgan fingerprint density at radius 2 is 2.05 bits per heavy atom. The van der Waals surface area contributed by atoms with Gasteiger partial charge in [0.1, 0.15) is 11.3 Å². The highest BCUT2D eigenvalue weighted by atomic mass is 16.6. The SMILES string of the molecule is COc1ccc(CONc2ncccc2C(=O)O)cc1. The fourth-order valence-corrected chi connectivity index (χ4v) is 1.57. The number of pyridine rings is 1. The molecule has 2 aromatic rings. The van der Waals surface area contributed by atoms with E-state index in [0.29, 0.717) is 0 Å². The van der Waals surface area contributed by atoms with Gasteiger partial charge in [-0.2, -0.15) is 0 Å². The predicted molar refractivity (Wildman–Crippen MR) is 72.6 cm³/mol. The molecule has 6 nitrogen and oxygen atoms in total. The number of carboxylic acids is 1. The molecule has 2 N–H and O–H groups in total. The number of carbonyl (C=O) groups is 1. The molecule has 0 fully saturated rings. The number of hydrogen-bond acceptors (Lipinski definition) is 5. The fourth-order valence-electron chi connectivity index (χ4n) is 1.57. The molecule has 0 atom stereocenters. The van der Waals surface area contributed by atoms with Gasteiger partial charge in [-0.05, 0) is 29.8 Å². The first-order valence-corrected chi connectivity index (χ1v) is 5.89. The van der Waals surface area contributed by atoms with Crippen molar-refractivity contribution in [2.75, 3.05) is 12.6 Å². The fraction of sp³-hybridized carbons (Fsp3) is 0.143. The van der Waals surface area contributed by atoms with Crippen molar-refractivity contribution in [1.29, 1.82) is 0 Å². The number of aromatic nitrogens is 1. The van der Waals surface area contributed by atoms with Crippen LogP contribution in [-0.2, 0) is 11.4 Å². The molecule has 1 aromatic carbocycles. The number of hydrogen-bond donors (Lipinski definition) is 2. The van der Waals surface area contributed by atoms with Crippen LogP contribution in [0.25, 0.3) is 0 Å². The number of ether oxygens (including phenoxy) is 1. The largest absolute Gasteiger partial charge is 0.497 e. The molecule has 1 aromatic heterocycles. The summed E-state index contributed by atoms with van der Waals surface area (Å²) in [6.45, 7) is 0.277. The number of benzene rings is 1. The predicted octanol–water partition coefficient (Wildman–Crippen LogP) is 2.33. The highest BCUT2D eigenvalue weighted by Crippen LogP contribution is 2.14. The van der Waals surface area contributed by atoms with Gasteiger partial charge in [0, 0.05) is 6.20 Å². The van der Waals surface area contributed by atoms with Crippen molar-refractivity contribution in [2.45, 2.75) is 6.61 Å². The van der Waals surface area contributed by atoms with Crippen molar-refractivity contribution >= 4 is 11.8 Å². The summed E-state index contributed by atoms with van der Waals surface area (Å²) in [4.78, 5) is 20.2. The molecule has 0 saturated heterocycles. The van der Waals surface area contributed by atoms with Crippen molar-refractivity contribution < 1.29 is 19.5 Å². The van der Waals surface area contributed by atoms with Gasteiger partial charge in [-0.15, -0.1) is 0 Å². The maximum atomic E-state index is 11.0. The number of nitrogens with zero attached hydrogens (tertiary/aromatic N) is 1. The third-order valence-corrected chi connectivity index (χ3v) is 2.60. The summed E-state index contributed by atoms with van der Waals surface area (Å²) < 4.78 is 5.05. The quantitative estimate of drug-likeness (QED) is 0.787. The Balaban J connectivity index is 1.94. The van der Waals surface area contributed by atoms with Crippen molar-refractivity contribution in [1.82, 2.24) is 4.98 Å². The van der Waals surface area contributed by atoms with Crippen molar-refractivity contribution in [3.8, 4) is 5.75 Å². The van der Waals surface area contributed by atoms with E-state index >= 15 is 0 Å². The molecular formula is C14H14N2O4. The molecule has 0 bridgehead atoms. The average Bonchev–Trinajstić information content (AvgIpc) is 2.48. The smallest absolute Gasteiger partial charge is 0.339 e. The third kappa shape index (κ3) is 3.46. The Hall–Kier alpha value is -2.60. The summed E-state index contributed by atoms with van der Waals surface area (Å²) >= 11 is 0. The lowest BCUT2D eigenvalue weighted by Gasteiger charge is -2.08. The van der Waals surface area contributed by atoms with E-state index in [4.69, 9.17) is 14.7 Å². The minimum atomic E-state index is -1.06. The molecule has 0 amide bonds. The van der Waals surface area contributed by atoms with Gasteiger partial charge in [0.25, 0.3) is 0 Å². The molecule has 2 rings (SSSR count). The van der Waals surface area contributed by atoms with Crippen molar-refractivity contribution in [3.05, 3.63) is 53.7 Å². The number of aromatic carboxylic acids is 1. The normalized spacial score (nSPS) is 10.1. The van der Waals surface area contributed by atoms with Crippen LogP contribution < -0.4 is 10.2 Å². The second-order valence-electron chi connectivity index (χ2n) is 3.94. The highest BCUT2D eigenvalue weighted by molar-refractivity contribution is 5.92. The van der Waals surface area contributed by atoms with E-state index in [2.05, 4.69) is 10.5 Å². The van der Waals surface area contributed by atoms with Crippen LogP contribution in [-0.4, -0.2) is 23.2 Å². The third-order valence-electron chi connectivity index (χ3n) is 2.60. The summed E-state index contributed by atoms with van der Waals surface area (Å²) in [7, 11) is 1.60. The molecule has 0 saturated carbocycles. The van der Waals surface area contributed by atoms with Crippen LogP contribution in [0.1, 0.15) is 15.9 Å². The van der Waals surface area contributed by atoms with E-state index in [9.17, 15) is 4.79 Å². The number of anilines is 1. The zero-order chi connectivity index (χ0) is 14.4. The summed E-state index contributed by atoms with van der Waals surface area (Å²) in [5.74, 6) is -0.123. The van der Waals surface area contributed by atoms with E-state index < -0.39 is 5.97 Å². The van der Waals surface area contributed by atoms with Crippen LogP contribution in [0.5, 0.6) is 5.75 Å². The first-order chi connectivity index (χ1) is 9.70. The Bertz CT molecular complexity index is 584. The average molecular weight is 274 g/mol. The Morgan fingerprint density at radius 3 is 2.70 bits per heavy atom. The van der Waals surface area contributed by atoms with E-state index in [-0.39, 0.29) is 18.0 Å². The van der Waals surface area contributed by atoms with Crippen LogP contribution in [0.15, 0.2) is 42.6 Å². The Morgan fingerprint density at radius 1 is 1.30 bits per heavy atom. The molecule has 0 aliphatic heterocycles. The van der Waals surface area contributed by atoms with E-state index in [1.165, 1.54) is 12.3 Å². The summed E-state index contributed by atoms with van der Waals surface area (Å²) in [5, 5.41) is 8.99. The van der Waals surface area contributed by atoms with Gasteiger partial charge < -0.3 is 9.84 Å². The lowest BCUT2D eigenvalue weighted by atomic mass is 10.2. The standard InChI is InChI=1S/C14H14N2O4/c1-19-11-6-4-10(5-7-11)9-20-16-13-12(14(17)18)3-2-8-15-13/h2-8H,9H2,1H3,(H,15,16)(H,17,18). The van der Waals surface area contributed by atoms with Crippen molar-refractivity contribution in [3.63, 3.8) is 0 Å². The Kier molecular flexibility index (Phi) is 4.52. The molecule has 0 aliphatic rings. The summed E-state index contributed by atoms with van der Waals surface area (Å²) in [6, 6.07) is 10.4. The second kappa shape index (κ2) is 6.53. The lowest BCUT2D eigenvalue weighted by Crippen LogP contribution is -2.08. The number of rotatable bonds is 6. The molecular weight excluding hydrogens is 260 g/mol. The molecule has 0 spiro atoms. The zero-order valence-electron chi connectivity index (χ0n) is 10.9. The molecule has 20 heavy (non-hydrogen) atoms. The molecule has 0 aliphatic carbocycles. The number of nitrogens with one attached hydrogen (secondary N) is 1. The van der Waals surface area contributed by atoms with Crippen LogP contribution >= 0.6 is 0 Å². The van der Waals surface area contributed by atoms with Crippen LogP contribution in [0, 0.1) is 0 Å². The summed E-state index contributed by atoms with van der Waals surface area (Å²) in [5.41, 5.74) is 3.53. The maximum absolute atomic E-state index is 11.0. The zero-order valence-corrected chi connectivity index (χ0v) is 10.9. The maximum Gasteiger partial charge on any atom is 0.339 e. The molecule has 104 valence electrons. The first kappa shape index (κ1) is 13.8. The van der Waals surface area contributed by atoms with Crippen LogP contribution in [0.2, 0.25) is 0 Å². The van der Waals surface area contributed by atoms with Gasteiger partial charge in [0.2, 0.25) is 0 Å². The van der Waals surface area contributed by atoms with E-state index in [1.54, 1.807) is 13.2 Å². The van der Waals surface area contributed by atoms with E-state index in [0.717, 1.165) is 11.3 Å². The lowest BCUT2D eigenvalue weighted by molar-refractivity contribution is 0.0695. The monoisotopic (exact) mass is 274 g/mol. The number of carboxylic acid groups (broad SMARTS) is 1. The minimum absolute atomic E-state index is 0.0576. The second-order valence-corrected chi connectivity index (χ2v) is 3.94. The first-order valence-electron chi connectivity index (χ1n) is 5.89. The minimum Gasteiger partial charge on any atom is -0.497 e. The van der Waals surface area contributed by atoms with Gasteiger partial charge in [-0.25, -0.2) is 15.3 Å². The topological polar surface area (TPSA) is 80.7 Å². The van der Waals surface area contributed by atoms with Crippen LogP contribution in [0.3, 0.4) is 0 Å². The van der Waals surface area contributed by atoms with Crippen LogP contribution in [0.4, 0.5) is 5.82 Å². The summed E-state index contributed by atoms with van der Waals surface area (Å²) in [6.07, 6.45) is 1.49. The van der Waals surface area contributed by atoms with Gasteiger partial charge in [-0.1, -0.05) is 12.1 Å².